The van der Waals surface area contributed by atoms with Gasteiger partial charge in [0.1, 0.15) is 0 Å². The van der Waals surface area contributed by atoms with E-state index in [0.29, 0.717) is 0 Å². The molecule has 0 fully saturated rings. The second-order valence-corrected chi connectivity index (χ2v) is 4.96. The topological polar surface area (TPSA) is 29.9 Å². The van der Waals surface area contributed by atoms with Crippen LogP contribution in [0.25, 0.3) is 5.69 Å². The number of nitrogens with zero attached hydrogens (tertiary/aromatic N) is 2. The van der Waals surface area contributed by atoms with Crippen molar-refractivity contribution in [3.05, 3.63) is 72.1 Å². The molecule has 0 radical (unpaired) electrons. The summed E-state index contributed by atoms with van der Waals surface area (Å²) in [5.74, 6) is 0.821. The third kappa shape index (κ3) is 2.57. The van der Waals surface area contributed by atoms with Crippen molar-refractivity contribution in [2.45, 2.75) is 13.8 Å². The van der Waals surface area contributed by atoms with Crippen molar-refractivity contribution in [3.63, 3.8) is 0 Å². The van der Waals surface area contributed by atoms with E-state index in [1.165, 1.54) is 11.1 Å². The Morgan fingerprint density at radius 2 is 1.65 bits per heavy atom. The zero-order valence-corrected chi connectivity index (χ0v) is 11.7. The highest BCUT2D eigenvalue weighted by molar-refractivity contribution is 5.56. The molecule has 0 saturated heterocycles. The van der Waals surface area contributed by atoms with Crippen LogP contribution in [0.15, 0.2) is 60.9 Å². The quantitative estimate of drug-likeness (QED) is 0.766. The molecule has 3 heteroatoms. The molecule has 0 saturated carbocycles. The fourth-order valence-electron chi connectivity index (χ4n) is 2.34. The Morgan fingerprint density at radius 1 is 0.950 bits per heavy atom. The van der Waals surface area contributed by atoms with Gasteiger partial charge in [-0.1, -0.05) is 24.3 Å². The number of nitrogens with one attached hydrogen (secondary N) is 1. The summed E-state index contributed by atoms with van der Waals surface area (Å²) in [5, 5.41) is 3.34. The fourth-order valence-corrected chi connectivity index (χ4v) is 2.34. The molecule has 0 bridgehead atoms. The van der Waals surface area contributed by atoms with Gasteiger partial charge >= 0.3 is 0 Å². The van der Waals surface area contributed by atoms with Gasteiger partial charge in [-0.25, -0.2) is 4.98 Å². The Morgan fingerprint density at radius 3 is 2.35 bits per heavy atom. The largest absolute Gasteiger partial charge is 0.325 e. The number of benzene rings is 2. The Bertz CT molecular complexity index is 694. The van der Waals surface area contributed by atoms with Gasteiger partial charge in [-0.3, -0.25) is 4.57 Å². The van der Waals surface area contributed by atoms with Gasteiger partial charge in [0.15, 0.2) is 0 Å². The number of rotatable bonds is 3. The lowest BCUT2D eigenvalue weighted by Crippen LogP contribution is -2.01. The SMILES string of the molecule is Cc1cc(C)cc(-n2ccnc2Nc2ccccc2)c1. The van der Waals surface area contributed by atoms with Crippen molar-refractivity contribution in [1.29, 1.82) is 0 Å². The molecular weight excluding hydrogens is 246 g/mol. The van der Waals surface area contributed by atoms with E-state index in [1.807, 2.05) is 42.7 Å². The van der Waals surface area contributed by atoms with Crippen LogP contribution < -0.4 is 5.32 Å². The third-order valence-corrected chi connectivity index (χ3v) is 3.16. The average molecular weight is 263 g/mol. The lowest BCUT2D eigenvalue weighted by molar-refractivity contribution is 1.05. The molecule has 0 spiro atoms. The first-order valence-electron chi connectivity index (χ1n) is 6.66. The van der Waals surface area contributed by atoms with E-state index in [1.54, 1.807) is 0 Å². The highest BCUT2D eigenvalue weighted by atomic mass is 15.2. The molecule has 1 aromatic heterocycles. The molecule has 0 aliphatic rings. The molecule has 1 N–H and O–H groups in total. The number of para-hydroxylation sites is 1. The van der Waals surface area contributed by atoms with Crippen molar-refractivity contribution in [2.75, 3.05) is 5.32 Å². The van der Waals surface area contributed by atoms with E-state index in [2.05, 4.69) is 46.9 Å². The smallest absolute Gasteiger partial charge is 0.212 e. The van der Waals surface area contributed by atoms with E-state index in [9.17, 15) is 0 Å². The summed E-state index contributed by atoms with van der Waals surface area (Å²) in [6, 6.07) is 16.6. The monoisotopic (exact) mass is 263 g/mol. The van der Waals surface area contributed by atoms with Crippen LogP contribution in [-0.2, 0) is 0 Å². The van der Waals surface area contributed by atoms with Crippen LogP contribution in [0.4, 0.5) is 11.6 Å². The lowest BCUT2D eigenvalue weighted by Gasteiger charge is -2.11. The maximum atomic E-state index is 4.40. The van der Waals surface area contributed by atoms with E-state index in [-0.39, 0.29) is 0 Å². The number of hydrogen-bond acceptors (Lipinski definition) is 2. The Balaban J connectivity index is 1.98. The van der Waals surface area contributed by atoms with Crippen LogP contribution in [0.2, 0.25) is 0 Å². The van der Waals surface area contributed by atoms with Gasteiger partial charge in [0.2, 0.25) is 5.95 Å². The predicted molar refractivity (Wildman–Crippen MR) is 82.8 cm³/mol. The van der Waals surface area contributed by atoms with E-state index < -0.39 is 0 Å². The molecule has 3 rings (SSSR count). The first-order chi connectivity index (χ1) is 9.72. The number of aryl methyl sites for hydroxylation is 2. The summed E-state index contributed by atoms with van der Waals surface area (Å²) in [6.45, 7) is 4.22. The van der Waals surface area contributed by atoms with Crippen LogP contribution in [0.3, 0.4) is 0 Å². The van der Waals surface area contributed by atoms with Crippen molar-refractivity contribution >= 4 is 11.6 Å². The van der Waals surface area contributed by atoms with Crippen molar-refractivity contribution in [1.82, 2.24) is 9.55 Å². The van der Waals surface area contributed by atoms with Gasteiger partial charge in [0, 0.05) is 23.8 Å². The molecule has 1 heterocycles. The molecule has 0 aliphatic heterocycles. The zero-order valence-electron chi connectivity index (χ0n) is 11.7. The summed E-state index contributed by atoms with van der Waals surface area (Å²) in [6.07, 6.45) is 3.78. The highest BCUT2D eigenvalue weighted by Gasteiger charge is 2.06. The zero-order chi connectivity index (χ0) is 13.9. The number of hydrogen-bond donors (Lipinski definition) is 1. The maximum Gasteiger partial charge on any atom is 0.212 e. The Labute approximate surface area is 118 Å². The second kappa shape index (κ2) is 5.21. The number of imidazole rings is 1. The molecule has 20 heavy (non-hydrogen) atoms. The van der Waals surface area contributed by atoms with Gasteiger partial charge < -0.3 is 5.32 Å². The molecule has 2 aromatic carbocycles. The van der Waals surface area contributed by atoms with E-state index >= 15 is 0 Å². The first-order valence-corrected chi connectivity index (χ1v) is 6.66. The molecule has 0 unspecified atom stereocenters. The highest BCUT2D eigenvalue weighted by Crippen LogP contribution is 2.20. The molecule has 0 aliphatic carbocycles. The van der Waals surface area contributed by atoms with Crippen LogP contribution in [0.1, 0.15) is 11.1 Å². The van der Waals surface area contributed by atoms with Crippen molar-refractivity contribution in [3.8, 4) is 5.69 Å². The summed E-state index contributed by atoms with van der Waals surface area (Å²) in [7, 11) is 0. The average Bonchev–Trinajstić information content (AvgIpc) is 2.87. The van der Waals surface area contributed by atoms with Crippen LogP contribution in [-0.4, -0.2) is 9.55 Å². The second-order valence-electron chi connectivity index (χ2n) is 4.96. The minimum Gasteiger partial charge on any atom is -0.325 e. The van der Waals surface area contributed by atoms with Gasteiger partial charge in [0.25, 0.3) is 0 Å². The third-order valence-electron chi connectivity index (χ3n) is 3.16. The summed E-state index contributed by atoms with van der Waals surface area (Å²) >= 11 is 0. The summed E-state index contributed by atoms with van der Waals surface area (Å²) < 4.78 is 2.06. The normalized spacial score (nSPS) is 10.5. The Hall–Kier alpha value is -2.55. The standard InChI is InChI=1S/C17H17N3/c1-13-10-14(2)12-16(11-13)20-9-8-18-17(20)19-15-6-4-3-5-7-15/h3-12H,1-2H3,(H,18,19). The molecule has 100 valence electrons. The molecular formula is C17H17N3. The molecule has 3 nitrogen and oxygen atoms in total. The summed E-state index contributed by atoms with van der Waals surface area (Å²) in [4.78, 5) is 4.40. The minimum atomic E-state index is 0.821. The number of anilines is 2. The molecule has 3 aromatic rings. The van der Waals surface area contributed by atoms with Crippen LogP contribution in [0, 0.1) is 13.8 Å². The van der Waals surface area contributed by atoms with Crippen molar-refractivity contribution < 1.29 is 0 Å². The van der Waals surface area contributed by atoms with E-state index in [0.717, 1.165) is 17.3 Å². The molecule has 0 atom stereocenters. The van der Waals surface area contributed by atoms with Crippen LogP contribution >= 0.6 is 0 Å². The minimum absolute atomic E-state index is 0.821. The van der Waals surface area contributed by atoms with Crippen LogP contribution in [0.5, 0.6) is 0 Å². The Kier molecular flexibility index (Phi) is 3.25. The van der Waals surface area contributed by atoms with Gasteiger partial charge in [-0.15, -0.1) is 0 Å². The molecule has 0 amide bonds. The maximum absolute atomic E-state index is 4.40. The van der Waals surface area contributed by atoms with Gasteiger partial charge in [-0.05, 0) is 49.2 Å². The number of aromatic nitrogens is 2. The summed E-state index contributed by atoms with van der Waals surface area (Å²) in [5.41, 5.74) is 4.65. The van der Waals surface area contributed by atoms with Gasteiger partial charge in [0.05, 0.1) is 0 Å². The first kappa shape index (κ1) is 12.5. The predicted octanol–water partition coefficient (Wildman–Crippen LogP) is 4.23. The van der Waals surface area contributed by atoms with Gasteiger partial charge in [-0.2, -0.15) is 0 Å². The fraction of sp³-hybridized carbons (Fsp3) is 0.118. The lowest BCUT2D eigenvalue weighted by atomic mass is 10.1. The van der Waals surface area contributed by atoms with E-state index in [4.69, 9.17) is 0 Å². The van der Waals surface area contributed by atoms with Crippen molar-refractivity contribution in [2.24, 2.45) is 0 Å².